The third kappa shape index (κ3) is 5.39. The van der Waals surface area contributed by atoms with Crippen LogP contribution in [0.1, 0.15) is 38.8 Å². The fraction of sp³-hybridized carbons (Fsp3) is 0.250. The maximum Gasteiger partial charge on any atom is 0.0734 e. The smallest absolute Gasteiger partial charge is 0.0734 e. The van der Waals surface area contributed by atoms with Crippen molar-refractivity contribution in [2.45, 2.75) is 34.6 Å². The molecule has 0 atom stereocenters. The Morgan fingerprint density at radius 3 is 2.43 bits per heavy atom. The molecule has 0 aromatic heterocycles. The van der Waals surface area contributed by atoms with Crippen molar-refractivity contribution in [1.29, 1.82) is 0 Å². The lowest BCUT2D eigenvalue weighted by molar-refractivity contribution is 1.36. The van der Waals surface area contributed by atoms with Gasteiger partial charge in [0, 0.05) is 11.3 Å². The van der Waals surface area contributed by atoms with Gasteiger partial charge in [0.05, 0.1) is 5.70 Å². The SMILES string of the molecule is C=C(C)C(C)=N/C(=C(C)/C=C\C=C/C)c1cccc(C)c1. The second-order valence-corrected chi connectivity index (χ2v) is 5.26. The quantitative estimate of drug-likeness (QED) is 0.470. The molecule has 1 rings (SSSR count). The van der Waals surface area contributed by atoms with Crippen LogP contribution in [0, 0.1) is 6.92 Å². The third-order valence-electron chi connectivity index (χ3n) is 3.21. The lowest BCUT2D eigenvalue weighted by Crippen LogP contribution is -1.95. The maximum atomic E-state index is 4.79. The molecule has 1 heteroatoms. The maximum absolute atomic E-state index is 4.79. The van der Waals surface area contributed by atoms with Crippen LogP contribution in [-0.4, -0.2) is 5.71 Å². The Bertz CT molecular complexity index is 625. The Morgan fingerprint density at radius 1 is 1.14 bits per heavy atom. The van der Waals surface area contributed by atoms with Gasteiger partial charge >= 0.3 is 0 Å². The number of benzene rings is 1. The van der Waals surface area contributed by atoms with Crippen LogP contribution in [0.3, 0.4) is 0 Å². The molecular formula is C20H25N. The van der Waals surface area contributed by atoms with Crippen LogP contribution in [0.5, 0.6) is 0 Å². The van der Waals surface area contributed by atoms with E-state index in [0.717, 1.165) is 28.1 Å². The van der Waals surface area contributed by atoms with Crippen molar-refractivity contribution in [2.24, 2.45) is 4.99 Å². The predicted molar refractivity (Wildman–Crippen MR) is 95.7 cm³/mol. The molecule has 0 saturated carbocycles. The molecule has 0 heterocycles. The first-order chi connectivity index (χ1) is 9.95. The molecule has 0 bridgehead atoms. The predicted octanol–water partition coefficient (Wildman–Crippen LogP) is 5.90. The van der Waals surface area contributed by atoms with Crippen molar-refractivity contribution in [1.82, 2.24) is 0 Å². The van der Waals surface area contributed by atoms with Gasteiger partial charge in [-0.1, -0.05) is 54.6 Å². The molecule has 0 aliphatic heterocycles. The van der Waals surface area contributed by atoms with Crippen LogP contribution in [0.25, 0.3) is 5.70 Å². The molecule has 0 amide bonds. The summed E-state index contributed by atoms with van der Waals surface area (Å²) >= 11 is 0. The third-order valence-corrected chi connectivity index (χ3v) is 3.21. The number of nitrogens with zero attached hydrogens (tertiary/aromatic N) is 1. The van der Waals surface area contributed by atoms with Crippen molar-refractivity contribution in [3.05, 3.63) is 77.4 Å². The zero-order valence-corrected chi connectivity index (χ0v) is 13.8. The Morgan fingerprint density at radius 2 is 1.86 bits per heavy atom. The molecule has 0 spiro atoms. The molecule has 0 unspecified atom stereocenters. The summed E-state index contributed by atoms with van der Waals surface area (Å²) in [6.07, 6.45) is 8.16. The van der Waals surface area contributed by atoms with E-state index in [4.69, 9.17) is 4.99 Å². The number of aryl methyl sites for hydroxylation is 1. The second-order valence-electron chi connectivity index (χ2n) is 5.26. The van der Waals surface area contributed by atoms with E-state index in [9.17, 15) is 0 Å². The first-order valence-corrected chi connectivity index (χ1v) is 7.24. The van der Waals surface area contributed by atoms with Gasteiger partial charge in [-0.3, -0.25) is 4.99 Å². The van der Waals surface area contributed by atoms with Gasteiger partial charge in [-0.2, -0.15) is 0 Å². The van der Waals surface area contributed by atoms with Crippen molar-refractivity contribution in [2.75, 3.05) is 0 Å². The van der Waals surface area contributed by atoms with Gasteiger partial charge in [-0.15, -0.1) is 0 Å². The number of hydrogen-bond donors (Lipinski definition) is 0. The molecule has 21 heavy (non-hydrogen) atoms. The first kappa shape index (κ1) is 16.9. The summed E-state index contributed by atoms with van der Waals surface area (Å²) in [5.41, 5.74) is 6.46. The molecule has 0 aliphatic rings. The van der Waals surface area contributed by atoms with Crippen LogP contribution < -0.4 is 0 Å². The molecular weight excluding hydrogens is 254 g/mol. The Balaban J connectivity index is 3.39. The van der Waals surface area contributed by atoms with E-state index in [1.165, 1.54) is 5.56 Å². The Labute approximate surface area is 129 Å². The van der Waals surface area contributed by atoms with Gasteiger partial charge in [0.25, 0.3) is 0 Å². The van der Waals surface area contributed by atoms with Crippen molar-refractivity contribution in [3.8, 4) is 0 Å². The van der Waals surface area contributed by atoms with Crippen molar-refractivity contribution in [3.63, 3.8) is 0 Å². The number of allylic oxidation sites excluding steroid dienone is 6. The van der Waals surface area contributed by atoms with E-state index in [0.29, 0.717) is 0 Å². The number of rotatable bonds is 5. The lowest BCUT2D eigenvalue weighted by Gasteiger charge is -2.09. The monoisotopic (exact) mass is 279 g/mol. The van der Waals surface area contributed by atoms with E-state index in [1.807, 2.05) is 39.0 Å². The molecule has 0 saturated heterocycles. The summed E-state index contributed by atoms with van der Waals surface area (Å²) in [7, 11) is 0. The van der Waals surface area contributed by atoms with Gasteiger partial charge in [0.1, 0.15) is 0 Å². The van der Waals surface area contributed by atoms with Crippen LogP contribution in [0.4, 0.5) is 0 Å². The first-order valence-electron chi connectivity index (χ1n) is 7.24. The highest BCUT2D eigenvalue weighted by Crippen LogP contribution is 2.23. The van der Waals surface area contributed by atoms with Gasteiger partial charge < -0.3 is 0 Å². The minimum absolute atomic E-state index is 0.963. The highest BCUT2D eigenvalue weighted by atomic mass is 14.8. The normalized spacial score (nSPS) is 13.9. The molecule has 0 radical (unpaired) electrons. The average Bonchev–Trinajstić information content (AvgIpc) is 2.44. The standard InChI is InChI=1S/C20H25N/c1-7-8-9-12-17(5)20(21-18(6)15(2)3)19-13-10-11-16(4)14-19/h7-14H,2H2,1,3-6H3/b8-7-,12-9-,20-17+,21-18?. The van der Waals surface area contributed by atoms with E-state index in [2.05, 4.69) is 50.8 Å². The van der Waals surface area contributed by atoms with Gasteiger partial charge in [-0.25, -0.2) is 0 Å². The molecule has 110 valence electrons. The molecule has 1 aromatic rings. The van der Waals surface area contributed by atoms with Gasteiger partial charge in [0.15, 0.2) is 0 Å². The molecule has 0 aliphatic carbocycles. The van der Waals surface area contributed by atoms with E-state index < -0.39 is 0 Å². The number of hydrogen-bond acceptors (Lipinski definition) is 1. The number of aliphatic imine (C=N–C) groups is 1. The minimum Gasteiger partial charge on any atom is -0.253 e. The Kier molecular flexibility index (Phi) is 6.61. The van der Waals surface area contributed by atoms with E-state index in [-0.39, 0.29) is 0 Å². The Hall–Kier alpha value is -2.15. The van der Waals surface area contributed by atoms with E-state index in [1.54, 1.807) is 0 Å². The molecule has 0 N–H and O–H groups in total. The van der Waals surface area contributed by atoms with Gasteiger partial charge in [0.2, 0.25) is 0 Å². The highest BCUT2D eigenvalue weighted by Gasteiger charge is 2.05. The van der Waals surface area contributed by atoms with Crippen LogP contribution in [-0.2, 0) is 0 Å². The summed E-state index contributed by atoms with van der Waals surface area (Å²) in [6.45, 7) is 14.2. The fourth-order valence-electron chi connectivity index (χ4n) is 1.83. The van der Waals surface area contributed by atoms with Crippen LogP contribution >= 0.6 is 0 Å². The fourth-order valence-corrected chi connectivity index (χ4v) is 1.83. The summed E-state index contributed by atoms with van der Waals surface area (Å²) in [6, 6.07) is 8.43. The minimum atomic E-state index is 0.963. The van der Waals surface area contributed by atoms with Crippen LogP contribution in [0.2, 0.25) is 0 Å². The van der Waals surface area contributed by atoms with Crippen LogP contribution in [0.15, 0.2) is 71.3 Å². The summed E-state index contributed by atoms with van der Waals surface area (Å²) < 4.78 is 0. The average molecular weight is 279 g/mol. The van der Waals surface area contributed by atoms with Crippen molar-refractivity contribution < 1.29 is 0 Å². The largest absolute Gasteiger partial charge is 0.253 e. The molecule has 0 fully saturated rings. The summed E-state index contributed by atoms with van der Waals surface area (Å²) in [5.74, 6) is 0. The second kappa shape index (κ2) is 8.21. The highest BCUT2D eigenvalue weighted by molar-refractivity contribution is 6.00. The summed E-state index contributed by atoms with van der Waals surface area (Å²) in [5, 5.41) is 0. The molecule has 1 nitrogen and oxygen atoms in total. The summed E-state index contributed by atoms with van der Waals surface area (Å²) in [4.78, 5) is 4.79. The molecule has 1 aromatic carbocycles. The zero-order valence-electron chi connectivity index (χ0n) is 13.8. The van der Waals surface area contributed by atoms with Gasteiger partial charge in [-0.05, 0) is 51.8 Å². The van der Waals surface area contributed by atoms with E-state index >= 15 is 0 Å². The topological polar surface area (TPSA) is 12.4 Å². The zero-order chi connectivity index (χ0) is 15.8. The lowest BCUT2D eigenvalue weighted by atomic mass is 10.0. The van der Waals surface area contributed by atoms with Crippen molar-refractivity contribution >= 4 is 11.4 Å².